The lowest BCUT2D eigenvalue weighted by atomic mass is 9.88. The lowest BCUT2D eigenvalue weighted by molar-refractivity contribution is -0.184. The molecule has 2 saturated heterocycles. The third kappa shape index (κ3) is 4.14. The van der Waals surface area contributed by atoms with Crippen molar-refractivity contribution in [2.24, 2.45) is 0 Å². The summed E-state index contributed by atoms with van der Waals surface area (Å²) < 4.78 is 22.6. The van der Waals surface area contributed by atoms with Crippen molar-refractivity contribution in [1.29, 1.82) is 0 Å². The van der Waals surface area contributed by atoms with Crippen LogP contribution < -0.4 is 19.5 Å². The Hall–Kier alpha value is -2.77. The number of fused-ring (bicyclic) bond motifs is 1. The van der Waals surface area contributed by atoms with Crippen molar-refractivity contribution < 1.29 is 23.7 Å². The Morgan fingerprint density at radius 3 is 2.38 bits per heavy atom. The molecule has 2 aliphatic rings. The van der Waals surface area contributed by atoms with Gasteiger partial charge in [-0.1, -0.05) is 36.8 Å². The molecule has 2 aliphatic heterocycles. The Morgan fingerprint density at radius 1 is 1.06 bits per heavy atom. The summed E-state index contributed by atoms with van der Waals surface area (Å²) in [5, 5.41) is 3.17. The van der Waals surface area contributed by atoms with Crippen LogP contribution >= 0.6 is 0 Å². The van der Waals surface area contributed by atoms with Crippen LogP contribution in [0.15, 0.2) is 42.5 Å². The Morgan fingerprint density at radius 2 is 1.75 bits per heavy atom. The monoisotopic (exact) mass is 440 g/mol. The number of nitrogens with one attached hydrogen (secondary N) is 1. The second kappa shape index (κ2) is 9.38. The molecule has 2 heterocycles. The summed E-state index contributed by atoms with van der Waals surface area (Å²) >= 11 is 0. The largest absolute Gasteiger partial charge is 0.493 e. The van der Waals surface area contributed by atoms with Crippen molar-refractivity contribution in [2.45, 2.75) is 44.0 Å². The van der Waals surface area contributed by atoms with Gasteiger partial charge < -0.3 is 24.3 Å². The van der Waals surface area contributed by atoms with Crippen LogP contribution in [0.4, 0.5) is 0 Å². The van der Waals surface area contributed by atoms with Crippen molar-refractivity contribution >= 4 is 5.91 Å². The molecule has 0 bridgehead atoms. The molecule has 0 radical (unpaired) electrons. The van der Waals surface area contributed by atoms with Gasteiger partial charge in [0.25, 0.3) is 5.91 Å². The molecule has 3 atom stereocenters. The second-order valence-corrected chi connectivity index (χ2v) is 8.46. The Kier molecular flexibility index (Phi) is 6.58. The summed E-state index contributed by atoms with van der Waals surface area (Å²) in [6.07, 6.45) is 3.23. The quantitative estimate of drug-likeness (QED) is 0.737. The van der Waals surface area contributed by atoms with Crippen LogP contribution in [0, 0.1) is 0 Å². The molecule has 2 aromatic rings. The van der Waals surface area contributed by atoms with Gasteiger partial charge in [0.05, 0.1) is 40.0 Å². The molecule has 7 nitrogen and oxygen atoms in total. The standard InChI is InChI=1S/C25H32N2O5/c1-25(26-24(28)18-14-20(29-2)23(31-4)21(15-18)30-3)22-12-8-9-13-27(22)19(16-32-25)17-10-6-5-7-11-17/h5-7,10-11,14-15,19,22H,8-9,12-13,16H2,1-4H3,(H,26,28)/t19-,22?,25+/m0/s1. The number of ether oxygens (including phenoxy) is 4. The third-order valence-electron chi connectivity index (χ3n) is 6.59. The van der Waals surface area contributed by atoms with Crippen molar-refractivity contribution in [3.63, 3.8) is 0 Å². The average Bonchev–Trinajstić information content (AvgIpc) is 2.83. The molecule has 0 aliphatic carbocycles. The molecule has 172 valence electrons. The number of hydrogen-bond donors (Lipinski definition) is 1. The predicted molar refractivity (Wildman–Crippen MR) is 121 cm³/mol. The minimum absolute atomic E-state index is 0.0844. The van der Waals surface area contributed by atoms with E-state index < -0.39 is 5.72 Å². The molecule has 0 saturated carbocycles. The van der Waals surface area contributed by atoms with Crippen LogP contribution in [0.1, 0.15) is 48.1 Å². The number of morpholine rings is 1. The van der Waals surface area contributed by atoms with Crippen molar-refractivity contribution in [3.05, 3.63) is 53.6 Å². The zero-order valence-corrected chi connectivity index (χ0v) is 19.2. The van der Waals surface area contributed by atoms with Gasteiger partial charge in [-0.15, -0.1) is 0 Å². The average molecular weight is 441 g/mol. The van der Waals surface area contributed by atoms with Gasteiger partial charge in [-0.2, -0.15) is 0 Å². The Bertz CT molecular complexity index is 926. The van der Waals surface area contributed by atoms with Crippen LogP contribution in [0.25, 0.3) is 0 Å². The number of methoxy groups -OCH3 is 3. The van der Waals surface area contributed by atoms with Crippen LogP contribution in [0.2, 0.25) is 0 Å². The normalized spacial score (nSPS) is 25.5. The van der Waals surface area contributed by atoms with Gasteiger partial charge in [0.15, 0.2) is 17.2 Å². The fourth-order valence-corrected chi connectivity index (χ4v) is 4.95. The molecule has 1 N–H and O–H groups in total. The highest BCUT2D eigenvalue weighted by molar-refractivity contribution is 5.96. The van der Waals surface area contributed by atoms with E-state index in [9.17, 15) is 4.79 Å². The SMILES string of the molecule is COc1cc(C(=O)N[C@]2(C)OC[C@@H](c3ccccc3)N3CCCCC32)cc(OC)c1OC. The van der Waals surface area contributed by atoms with Gasteiger partial charge in [-0.25, -0.2) is 0 Å². The number of carbonyl (C=O) groups is 1. The van der Waals surface area contributed by atoms with E-state index >= 15 is 0 Å². The van der Waals surface area contributed by atoms with Gasteiger partial charge in [-0.05, 0) is 44.0 Å². The van der Waals surface area contributed by atoms with Crippen molar-refractivity contribution in [2.75, 3.05) is 34.5 Å². The van der Waals surface area contributed by atoms with Gasteiger partial charge in [-0.3, -0.25) is 9.69 Å². The fraction of sp³-hybridized carbons (Fsp3) is 0.480. The number of amides is 1. The minimum atomic E-state index is -0.802. The summed E-state index contributed by atoms with van der Waals surface area (Å²) in [5.74, 6) is 1.09. The number of benzene rings is 2. The number of carbonyl (C=O) groups excluding carboxylic acids is 1. The molecule has 2 aromatic carbocycles. The molecule has 32 heavy (non-hydrogen) atoms. The number of rotatable bonds is 6. The lowest BCUT2D eigenvalue weighted by Crippen LogP contribution is -2.67. The molecule has 1 amide bonds. The number of hydrogen-bond acceptors (Lipinski definition) is 6. The molecule has 1 unspecified atom stereocenters. The topological polar surface area (TPSA) is 69.3 Å². The van der Waals surface area contributed by atoms with Gasteiger partial charge in [0.2, 0.25) is 5.75 Å². The highest BCUT2D eigenvalue weighted by atomic mass is 16.5. The van der Waals surface area contributed by atoms with Gasteiger partial charge in [0, 0.05) is 5.56 Å². The second-order valence-electron chi connectivity index (χ2n) is 8.46. The zero-order valence-electron chi connectivity index (χ0n) is 19.2. The van der Waals surface area contributed by atoms with Crippen molar-refractivity contribution in [3.8, 4) is 17.2 Å². The van der Waals surface area contributed by atoms with Crippen molar-refractivity contribution in [1.82, 2.24) is 10.2 Å². The van der Waals surface area contributed by atoms with Crippen LogP contribution in [-0.4, -0.2) is 57.1 Å². The first-order valence-corrected chi connectivity index (χ1v) is 11.1. The maximum atomic E-state index is 13.3. The van der Waals surface area contributed by atoms with E-state index in [1.165, 1.54) is 26.9 Å². The minimum Gasteiger partial charge on any atom is -0.493 e. The van der Waals surface area contributed by atoms with E-state index in [0.717, 1.165) is 25.8 Å². The van der Waals surface area contributed by atoms with Crippen LogP contribution in [0.5, 0.6) is 17.2 Å². The van der Waals surface area contributed by atoms with E-state index in [-0.39, 0.29) is 18.0 Å². The molecule has 7 heteroatoms. The summed E-state index contributed by atoms with van der Waals surface area (Å²) in [4.78, 5) is 15.8. The van der Waals surface area contributed by atoms with E-state index in [2.05, 4.69) is 34.5 Å². The summed E-state index contributed by atoms with van der Waals surface area (Å²) in [6, 6.07) is 14.1. The zero-order chi connectivity index (χ0) is 22.7. The van der Waals surface area contributed by atoms with Gasteiger partial charge in [0.1, 0.15) is 0 Å². The molecule has 2 fully saturated rings. The third-order valence-corrected chi connectivity index (χ3v) is 6.59. The maximum absolute atomic E-state index is 13.3. The Balaban J connectivity index is 1.59. The first-order chi connectivity index (χ1) is 15.5. The molecule has 0 aromatic heterocycles. The van der Waals surface area contributed by atoms with E-state index in [0.29, 0.717) is 29.4 Å². The van der Waals surface area contributed by atoms with E-state index in [4.69, 9.17) is 18.9 Å². The fourth-order valence-electron chi connectivity index (χ4n) is 4.95. The smallest absolute Gasteiger partial charge is 0.253 e. The van der Waals surface area contributed by atoms with Crippen LogP contribution in [0.3, 0.4) is 0 Å². The highest BCUT2D eigenvalue weighted by Crippen LogP contribution is 2.41. The van der Waals surface area contributed by atoms with E-state index in [1.807, 2.05) is 13.0 Å². The summed E-state index contributed by atoms with van der Waals surface area (Å²) in [5.41, 5.74) is 0.873. The molecule has 0 spiro atoms. The number of nitrogens with zero attached hydrogens (tertiary/aromatic N) is 1. The van der Waals surface area contributed by atoms with Crippen LogP contribution in [-0.2, 0) is 4.74 Å². The molecular formula is C25H32N2O5. The number of piperidine rings is 1. The maximum Gasteiger partial charge on any atom is 0.253 e. The summed E-state index contributed by atoms with van der Waals surface area (Å²) in [7, 11) is 4.61. The predicted octanol–water partition coefficient (Wildman–Crippen LogP) is 3.78. The lowest BCUT2D eigenvalue weighted by Gasteiger charge is -2.54. The highest BCUT2D eigenvalue weighted by Gasteiger charge is 2.48. The first kappa shape index (κ1) is 22.4. The molecule has 4 rings (SSSR count). The van der Waals surface area contributed by atoms with Gasteiger partial charge >= 0.3 is 0 Å². The first-order valence-electron chi connectivity index (χ1n) is 11.1. The summed E-state index contributed by atoms with van der Waals surface area (Å²) in [6.45, 7) is 3.49. The Labute approximate surface area is 189 Å². The van der Waals surface area contributed by atoms with E-state index in [1.54, 1.807) is 12.1 Å². The molecular weight excluding hydrogens is 408 g/mol.